The third-order valence-electron chi connectivity index (χ3n) is 5.12. The maximum atomic E-state index is 12.9. The lowest BCUT2D eigenvalue weighted by molar-refractivity contribution is 0.0671. The molecule has 0 bridgehead atoms. The Labute approximate surface area is 162 Å². The zero-order valence-electron chi connectivity index (χ0n) is 15.4. The molecule has 142 valence electrons. The highest BCUT2D eigenvalue weighted by Gasteiger charge is 2.35. The molecule has 1 aromatic heterocycles. The summed E-state index contributed by atoms with van der Waals surface area (Å²) in [7, 11) is 0. The molecule has 4 rings (SSSR count). The summed E-state index contributed by atoms with van der Waals surface area (Å²) in [6.07, 6.45) is 5.02. The molecule has 7 nitrogen and oxygen atoms in total. The van der Waals surface area contributed by atoms with E-state index in [1.807, 2.05) is 12.1 Å². The van der Waals surface area contributed by atoms with E-state index in [1.165, 1.54) is 12.1 Å². The highest BCUT2D eigenvalue weighted by atomic mass is 16.2. The molecule has 1 aromatic carbocycles. The summed E-state index contributed by atoms with van der Waals surface area (Å²) in [5.41, 5.74) is 2.14. The number of nitrogens with zero attached hydrogens (tertiary/aromatic N) is 4. The minimum absolute atomic E-state index is 0.125. The van der Waals surface area contributed by atoms with E-state index in [0.29, 0.717) is 24.2 Å². The average molecular weight is 376 g/mol. The van der Waals surface area contributed by atoms with Crippen molar-refractivity contribution < 1.29 is 14.4 Å². The number of rotatable bonds is 4. The fourth-order valence-electron chi connectivity index (χ4n) is 3.62. The largest absolute Gasteiger partial charge is 0.368 e. The van der Waals surface area contributed by atoms with Crippen molar-refractivity contribution in [1.29, 1.82) is 0 Å². The van der Waals surface area contributed by atoms with E-state index >= 15 is 0 Å². The second-order valence-electron chi connectivity index (χ2n) is 6.75. The number of amides is 3. The first-order chi connectivity index (χ1) is 13.6. The number of anilines is 1. The van der Waals surface area contributed by atoms with Gasteiger partial charge in [-0.05, 0) is 30.3 Å². The predicted octanol–water partition coefficient (Wildman–Crippen LogP) is 1.83. The Morgan fingerprint density at radius 3 is 2.36 bits per heavy atom. The summed E-state index contributed by atoms with van der Waals surface area (Å²) in [5.74, 6) is -0.846. The first-order valence-electron chi connectivity index (χ1n) is 9.15. The molecule has 0 N–H and O–H groups in total. The number of fused-ring (bicyclic) bond motifs is 1. The smallest absolute Gasteiger partial charge is 0.261 e. The van der Waals surface area contributed by atoms with Crippen molar-refractivity contribution in [1.82, 2.24) is 14.8 Å². The van der Waals surface area contributed by atoms with Crippen LogP contribution in [0.5, 0.6) is 0 Å². The lowest BCUT2D eigenvalue weighted by Crippen LogP contribution is -2.48. The molecule has 2 aliphatic heterocycles. The van der Waals surface area contributed by atoms with Crippen molar-refractivity contribution in [2.45, 2.75) is 0 Å². The second kappa shape index (κ2) is 7.26. The molecule has 2 aromatic rings. The summed E-state index contributed by atoms with van der Waals surface area (Å²) >= 11 is 0. The molecule has 0 saturated carbocycles. The number of benzene rings is 1. The first-order valence-corrected chi connectivity index (χ1v) is 9.15. The SMILES string of the molecule is C=CCN1C(=O)c2ccc(C(=O)N3CCN(c4ccncc4)CC3)cc2C1=O. The molecule has 0 radical (unpaired) electrons. The topological polar surface area (TPSA) is 73.8 Å². The number of carbonyl (C=O) groups is 3. The van der Waals surface area contributed by atoms with Gasteiger partial charge >= 0.3 is 0 Å². The molecule has 0 unspecified atom stereocenters. The van der Waals surface area contributed by atoms with Gasteiger partial charge in [0.25, 0.3) is 17.7 Å². The Kier molecular flexibility index (Phi) is 4.65. The van der Waals surface area contributed by atoms with Gasteiger partial charge in [0.15, 0.2) is 0 Å². The minimum atomic E-state index is -0.378. The normalized spacial score (nSPS) is 16.4. The standard InChI is InChI=1S/C21H20N4O3/c1-2-9-25-20(27)17-4-3-15(14-18(17)21(25)28)19(26)24-12-10-23(11-13-24)16-5-7-22-8-6-16/h2-8,14H,1,9-13H2. The van der Waals surface area contributed by atoms with Crippen LogP contribution < -0.4 is 4.90 Å². The zero-order valence-corrected chi connectivity index (χ0v) is 15.4. The first kappa shape index (κ1) is 17.9. The van der Waals surface area contributed by atoms with Crippen molar-refractivity contribution in [2.75, 3.05) is 37.6 Å². The van der Waals surface area contributed by atoms with Crippen LogP contribution in [0.2, 0.25) is 0 Å². The zero-order chi connectivity index (χ0) is 19.7. The van der Waals surface area contributed by atoms with Crippen LogP contribution in [0, 0.1) is 0 Å². The number of piperazine rings is 1. The molecule has 1 fully saturated rings. The van der Waals surface area contributed by atoms with Gasteiger partial charge in [-0.3, -0.25) is 24.3 Å². The molecular formula is C21H20N4O3. The molecule has 2 aliphatic rings. The molecular weight excluding hydrogens is 356 g/mol. The van der Waals surface area contributed by atoms with Crippen LogP contribution in [0.25, 0.3) is 0 Å². The predicted molar refractivity (Wildman–Crippen MR) is 104 cm³/mol. The molecule has 0 aliphatic carbocycles. The Hall–Kier alpha value is -3.48. The quantitative estimate of drug-likeness (QED) is 0.601. The lowest BCUT2D eigenvalue weighted by Gasteiger charge is -2.36. The van der Waals surface area contributed by atoms with Crippen molar-refractivity contribution in [3.8, 4) is 0 Å². The fourth-order valence-corrected chi connectivity index (χ4v) is 3.62. The van der Waals surface area contributed by atoms with Crippen LogP contribution in [0.4, 0.5) is 5.69 Å². The Morgan fingerprint density at radius 2 is 1.68 bits per heavy atom. The van der Waals surface area contributed by atoms with Crippen molar-refractivity contribution in [3.05, 3.63) is 72.1 Å². The van der Waals surface area contributed by atoms with Gasteiger partial charge in [-0.1, -0.05) is 6.08 Å². The number of hydrogen-bond acceptors (Lipinski definition) is 5. The van der Waals surface area contributed by atoms with Crippen LogP contribution in [-0.2, 0) is 0 Å². The second-order valence-corrected chi connectivity index (χ2v) is 6.75. The van der Waals surface area contributed by atoms with Gasteiger partial charge in [0, 0.05) is 56.4 Å². The van der Waals surface area contributed by atoms with Crippen molar-refractivity contribution >= 4 is 23.4 Å². The summed E-state index contributed by atoms with van der Waals surface area (Å²) in [5, 5.41) is 0. The molecule has 0 spiro atoms. The number of imide groups is 1. The molecule has 3 amide bonds. The van der Waals surface area contributed by atoms with Crippen LogP contribution in [0.15, 0.2) is 55.4 Å². The Bertz CT molecular complexity index is 949. The third kappa shape index (κ3) is 3.05. The molecule has 3 heterocycles. The summed E-state index contributed by atoms with van der Waals surface area (Å²) in [4.78, 5) is 46.8. The van der Waals surface area contributed by atoms with Gasteiger partial charge in [0.1, 0.15) is 0 Å². The van der Waals surface area contributed by atoms with Crippen molar-refractivity contribution in [2.24, 2.45) is 0 Å². The maximum absolute atomic E-state index is 12.9. The van der Waals surface area contributed by atoms with Crippen molar-refractivity contribution in [3.63, 3.8) is 0 Å². The van der Waals surface area contributed by atoms with Gasteiger partial charge in [-0.25, -0.2) is 0 Å². The van der Waals surface area contributed by atoms with E-state index in [0.717, 1.165) is 23.7 Å². The third-order valence-corrected chi connectivity index (χ3v) is 5.12. The van der Waals surface area contributed by atoms with E-state index in [1.54, 1.807) is 29.4 Å². The molecule has 28 heavy (non-hydrogen) atoms. The van der Waals surface area contributed by atoms with Gasteiger partial charge in [0.05, 0.1) is 11.1 Å². The van der Waals surface area contributed by atoms with Gasteiger partial charge < -0.3 is 9.80 Å². The van der Waals surface area contributed by atoms with Gasteiger partial charge in [-0.15, -0.1) is 6.58 Å². The highest BCUT2D eigenvalue weighted by Crippen LogP contribution is 2.25. The molecule has 1 saturated heterocycles. The van der Waals surface area contributed by atoms with E-state index in [4.69, 9.17) is 0 Å². The van der Waals surface area contributed by atoms with Crippen LogP contribution in [0.3, 0.4) is 0 Å². The van der Waals surface area contributed by atoms with Gasteiger partial charge in [0.2, 0.25) is 0 Å². The van der Waals surface area contributed by atoms with Crippen LogP contribution >= 0.6 is 0 Å². The summed E-state index contributed by atoms with van der Waals surface area (Å²) < 4.78 is 0. The Morgan fingerprint density at radius 1 is 1.00 bits per heavy atom. The fraction of sp³-hybridized carbons (Fsp3) is 0.238. The minimum Gasteiger partial charge on any atom is -0.368 e. The number of aromatic nitrogens is 1. The summed E-state index contributed by atoms with van der Waals surface area (Å²) in [6, 6.07) is 8.64. The van der Waals surface area contributed by atoms with E-state index in [-0.39, 0.29) is 29.8 Å². The molecule has 7 heteroatoms. The summed E-state index contributed by atoms with van der Waals surface area (Å²) in [6.45, 7) is 6.37. The lowest BCUT2D eigenvalue weighted by atomic mass is 10.0. The van der Waals surface area contributed by atoms with Gasteiger partial charge in [-0.2, -0.15) is 0 Å². The average Bonchev–Trinajstić information content (AvgIpc) is 2.99. The maximum Gasteiger partial charge on any atom is 0.261 e. The Balaban J connectivity index is 1.48. The molecule has 0 atom stereocenters. The number of pyridine rings is 1. The van der Waals surface area contributed by atoms with E-state index in [9.17, 15) is 14.4 Å². The number of hydrogen-bond donors (Lipinski definition) is 0. The van der Waals surface area contributed by atoms with E-state index in [2.05, 4.69) is 16.5 Å². The monoisotopic (exact) mass is 376 g/mol. The van der Waals surface area contributed by atoms with Crippen LogP contribution in [0.1, 0.15) is 31.1 Å². The number of carbonyl (C=O) groups excluding carboxylic acids is 3. The highest BCUT2D eigenvalue weighted by molar-refractivity contribution is 6.22. The van der Waals surface area contributed by atoms with Crippen LogP contribution in [-0.4, -0.2) is 65.2 Å². The van der Waals surface area contributed by atoms with E-state index < -0.39 is 0 Å².